The van der Waals surface area contributed by atoms with E-state index in [0.29, 0.717) is 18.7 Å². The summed E-state index contributed by atoms with van der Waals surface area (Å²) >= 11 is 0. The van der Waals surface area contributed by atoms with E-state index in [2.05, 4.69) is 15.6 Å². The summed E-state index contributed by atoms with van der Waals surface area (Å²) < 4.78 is 5.50. The van der Waals surface area contributed by atoms with E-state index in [1.54, 1.807) is 25.5 Å². The monoisotopic (exact) mass is 271 g/mol. The van der Waals surface area contributed by atoms with Gasteiger partial charge in [-0.3, -0.25) is 9.78 Å². The zero-order chi connectivity index (χ0) is 14.2. The van der Waals surface area contributed by atoms with Gasteiger partial charge >= 0.3 is 0 Å². The SMILES string of the molecule is CNc1ccncc1C(=O)NCCOc1ccccc1. The van der Waals surface area contributed by atoms with Crippen LogP contribution in [0.1, 0.15) is 10.4 Å². The lowest BCUT2D eigenvalue weighted by atomic mass is 10.2. The Bertz CT molecular complexity index is 558. The van der Waals surface area contributed by atoms with Gasteiger partial charge in [-0.2, -0.15) is 0 Å². The molecular weight excluding hydrogens is 254 g/mol. The number of para-hydroxylation sites is 1. The van der Waals surface area contributed by atoms with Gasteiger partial charge in [-0.05, 0) is 18.2 Å². The highest BCUT2D eigenvalue weighted by atomic mass is 16.5. The van der Waals surface area contributed by atoms with E-state index < -0.39 is 0 Å². The van der Waals surface area contributed by atoms with E-state index in [1.807, 2.05) is 30.3 Å². The van der Waals surface area contributed by atoms with Gasteiger partial charge in [-0.15, -0.1) is 0 Å². The molecule has 20 heavy (non-hydrogen) atoms. The number of carbonyl (C=O) groups excluding carboxylic acids is 1. The van der Waals surface area contributed by atoms with Crippen LogP contribution in [0.4, 0.5) is 5.69 Å². The van der Waals surface area contributed by atoms with Gasteiger partial charge in [0.05, 0.1) is 12.1 Å². The predicted molar refractivity (Wildman–Crippen MR) is 78.1 cm³/mol. The number of benzene rings is 1. The van der Waals surface area contributed by atoms with Crippen molar-refractivity contribution in [3.8, 4) is 5.75 Å². The van der Waals surface area contributed by atoms with Crippen LogP contribution in [-0.2, 0) is 0 Å². The van der Waals surface area contributed by atoms with E-state index in [1.165, 1.54) is 0 Å². The fourth-order valence-corrected chi connectivity index (χ4v) is 1.74. The zero-order valence-corrected chi connectivity index (χ0v) is 11.3. The van der Waals surface area contributed by atoms with Crippen LogP contribution in [0.2, 0.25) is 0 Å². The molecule has 104 valence electrons. The van der Waals surface area contributed by atoms with Crippen LogP contribution < -0.4 is 15.4 Å². The standard InChI is InChI=1S/C15H17N3O2/c1-16-14-7-8-17-11-13(14)15(19)18-9-10-20-12-5-3-2-4-6-12/h2-8,11H,9-10H2,1H3,(H,16,17)(H,18,19). The molecule has 0 spiro atoms. The Kier molecular flexibility index (Phi) is 4.94. The molecule has 0 bridgehead atoms. The molecule has 1 aromatic carbocycles. The van der Waals surface area contributed by atoms with Crippen molar-refractivity contribution in [3.05, 3.63) is 54.4 Å². The van der Waals surface area contributed by atoms with Crippen molar-refractivity contribution >= 4 is 11.6 Å². The van der Waals surface area contributed by atoms with E-state index in [0.717, 1.165) is 11.4 Å². The summed E-state index contributed by atoms with van der Waals surface area (Å²) in [6.45, 7) is 0.858. The molecule has 1 heterocycles. The number of rotatable bonds is 6. The predicted octanol–water partition coefficient (Wildman–Crippen LogP) is 1.93. The molecule has 0 aliphatic heterocycles. The van der Waals surface area contributed by atoms with Crippen LogP contribution in [0.5, 0.6) is 5.75 Å². The molecular formula is C15H17N3O2. The molecule has 0 atom stereocenters. The molecule has 0 radical (unpaired) electrons. The van der Waals surface area contributed by atoms with Crippen LogP contribution in [0.25, 0.3) is 0 Å². The normalized spacial score (nSPS) is 9.85. The Morgan fingerprint density at radius 1 is 1.25 bits per heavy atom. The van der Waals surface area contributed by atoms with Crippen molar-refractivity contribution in [2.75, 3.05) is 25.5 Å². The Hall–Kier alpha value is -2.56. The molecule has 0 unspecified atom stereocenters. The van der Waals surface area contributed by atoms with Crippen LogP contribution in [-0.4, -0.2) is 31.1 Å². The maximum Gasteiger partial charge on any atom is 0.255 e. The number of amides is 1. The number of ether oxygens (including phenoxy) is 1. The third kappa shape index (κ3) is 3.71. The third-order valence-corrected chi connectivity index (χ3v) is 2.73. The maximum atomic E-state index is 12.0. The molecule has 0 aliphatic rings. The van der Waals surface area contributed by atoms with Crippen molar-refractivity contribution in [1.82, 2.24) is 10.3 Å². The second-order valence-electron chi connectivity index (χ2n) is 4.09. The second-order valence-corrected chi connectivity index (χ2v) is 4.09. The summed E-state index contributed by atoms with van der Waals surface area (Å²) in [6, 6.07) is 11.3. The summed E-state index contributed by atoms with van der Waals surface area (Å²) in [4.78, 5) is 15.9. The molecule has 0 fully saturated rings. The molecule has 0 saturated heterocycles. The number of carbonyl (C=O) groups is 1. The van der Waals surface area contributed by atoms with Crippen LogP contribution in [0.3, 0.4) is 0 Å². The topological polar surface area (TPSA) is 63.2 Å². The van der Waals surface area contributed by atoms with Gasteiger partial charge in [-0.25, -0.2) is 0 Å². The number of pyridine rings is 1. The fraction of sp³-hybridized carbons (Fsp3) is 0.200. The van der Waals surface area contributed by atoms with Gasteiger partial charge in [0.2, 0.25) is 0 Å². The second kappa shape index (κ2) is 7.13. The number of anilines is 1. The smallest absolute Gasteiger partial charge is 0.255 e. The van der Waals surface area contributed by atoms with Crippen LogP contribution in [0.15, 0.2) is 48.8 Å². The number of nitrogens with zero attached hydrogens (tertiary/aromatic N) is 1. The first kappa shape index (κ1) is 13.9. The first-order valence-electron chi connectivity index (χ1n) is 6.39. The van der Waals surface area contributed by atoms with Gasteiger partial charge in [0, 0.05) is 25.1 Å². The van der Waals surface area contributed by atoms with Crippen molar-refractivity contribution < 1.29 is 9.53 Å². The highest BCUT2D eigenvalue weighted by molar-refractivity contribution is 5.99. The highest BCUT2D eigenvalue weighted by Gasteiger charge is 2.09. The van der Waals surface area contributed by atoms with Gasteiger partial charge in [0.25, 0.3) is 5.91 Å². The van der Waals surface area contributed by atoms with E-state index >= 15 is 0 Å². The molecule has 1 aromatic heterocycles. The summed E-state index contributed by atoms with van der Waals surface area (Å²) in [6.07, 6.45) is 3.18. The number of aromatic nitrogens is 1. The molecule has 2 aromatic rings. The minimum atomic E-state index is -0.167. The highest BCUT2D eigenvalue weighted by Crippen LogP contribution is 2.12. The van der Waals surface area contributed by atoms with Crippen molar-refractivity contribution in [1.29, 1.82) is 0 Å². The maximum absolute atomic E-state index is 12.0. The van der Waals surface area contributed by atoms with Gasteiger partial charge in [0.15, 0.2) is 0 Å². The Morgan fingerprint density at radius 2 is 2.05 bits per heavy atom. The lowest BCUT2D eigenvalue weighted by molar-refractivity contribution is 0.0947. The average Bonchev–Trinajstić information content (AvgIpc) is 2.52. The lowest BCUT2D eigenvalue weighted by Gasteiger charge is -2.10. The van der Waals surface area contributed by atoms with Crippen LogP contribution >= 0.6 is 0 Å². The van der Waals surface area contributed by atoms with E-state index in [-0.39, 0.29) is 5.91 Å². The average molecular weight is 271 g/mol. The van der Waals surface area contributed by atoms with Crippen molar-refractivity contribution in [2.24, 2.45) is 0 Å². The van der Waals surface area contributed by atoms with Gasteiger partial charge in [0.1, 0.15) is 12.4 Å². The Balaban J connectivity index is 1.81. The molecule has 5 heteroatoms. The van der Waals surface area contributed by atoms with E-state index in [9.17, 15) is 4.79 Å². The number of nitrogens with one attached hydrogen (secondary N) is 2. The Labute approximate surface area is 118 Å². The van der Waals surface area contributed by atoms with Crippen LogP contribution in [0, 0.1) is 0 Å². The summed E-state index contributed by atoms with van der Waals surface area (Å²) in [5.74, 6) is 0.623. The third-order valence-electron chi connectivity index (χ3n) is 2.73. The van der Waals surface area contributed by atoms with Crippen molar-refractivity contribution in [3.63, 3.8) is 0 Å². The molecule has 5 nitrogen and oxygen atoms in total. The zero-order valence-electron chi connectivity index (χ0n) is 11.3. The fourth-order valence-electron chi connectivity index (χ4n) is 1.74. The lowest BCUT2D eigenvalue weighted by Crippen LogP contribution is -2.28. The summed E-state index contributed by atoms with van der Waals surface area (Å²) in [5, 5.41) is 5.76. The van der Waals surface area contributed by atoms with Gasteiger partial charge in [-0.1, -0.05) is 18.2 Å². The summed E-state index contributed by atoms with van der Waals surface area (Å²) in [7, 11) is 1.77. The molecule has 1 amide bonds. The number of hydrogen-bond donors (Lipinski definition) is 2. The summed E-state index contributed by atoms with van der Waals surface area (Å²) in [5.41, 5.74) is 1.27. The van der Waals surface area contributed by atoms with Crippen molar-refractivity contribution in [2.45, 2.75) is 0 Å². The molecule has 0 aliphatic carbocycles. The quantitative estimate of drug-likeness (QED) is 0.788. The minimum Gasteiger partial charge on any atom is -0.492 e. The van der Waals surface area contributed by atoms with E-state index in [4.69, 9.17) is 4.74 Å². The minimum absolute atomic E-state index is 0.167. The molecule has 2 N–H and O–H groups in total. The molecule has 2 rings (SSSR count). The first-order chi connectivity index (χ1) is 9.81. The Morgan fingerprint density at radius 3 is 2.80 bits per heavy atom. The largest absolute Gasteiger partial charge is 0.492 e. The van der Waals surface area contributed by atoms with Gasteiger partial charge < -0.3 is 15.4 Å². The number of hydrogen-bond acceptors (Lipinski definition) is 4. The first-order valence-corrected chi connectivity index (χ1v) is 6.39. The molecule has 0 saturated carbocycles.